The monoisotopic (exact) mass is 350 g/mol. The summed E-state index contributed by atoms with van der Waals surface area (Å²) in [7, 11) is 0. The quantitative estimate of drug-likeness (QED) is 0.762. The van der Waals surface area contributed by atoms with Crippen molar-refractivity contribution in [3.8, 4) is 0 Å². The van der Waals surface area contributed by atoms with E-state index in [-0.39, 0.29) is 11.8 Å². The van der Waals surface area contributed by atoms with Gasteiger partial charge in [0.1, 0.15) is 5.41 Å². The number of carbonyl (C=O) groups is 2. The SMILES string of the molecule is Cc1ccc(NC(=O)C2(C(=O)Nc3c(C)cccc3C(C)C)CC2)cc1. The minimum atomic E-state index is -0.957. The molecule has 1 fully saturated rings. The van der Waals surface area contributed by atoms with Crippen molar-refractivity contribution in [1.82, 2.24) is 0 Å². The molecule has 0 heterocycles. The second-order valence-corrected chi connectivity index (χ2v) is 7.55. The molecule has 0 atom stereocenters. The first-order valence-electron chi connectivity index (χ1n) is 9.12. The van der Waals surface area contributed by atoms with Crippen molar-refractivity contribution in [2.75, 3.05) is 10.6 Å². The Morgan fingerprint density at radius 3 is 2.12 bits per heavy atom. The predicted molar refractivity (Wildman–Crippen MR) is 105 cm³/mol. The number of amides is 2. The van der Waals surface area contributed by atoms with Crippen LogP contribution in [0, 0.1) is 19.3 Å². The fourth-order valence-corrected chi connectivity index (χ4v) is 3.15. The molecule has 3 rings (SSSR count). The van der Waals surface area contributed by atoms with Gasteiger partial charge >= 0.3 is 0 Å². The lowest BCUT2D eigenvalue weighted by Crippen LogP contribution is -2.36. The molecule has 0 aromatic heterocycles. The highest BCUT2D eigenvalue weighted by atomic mass is 16.2. The molecule has 2 N–H and O–H groups in total. The van der Waals surface area contributed by atoms with Gasteiger partial charge in [0.25, 0.3) is 0 Å². The zero-order valence-corrected chi connectivity index (χ0v) is 15.8. The lowest BCUT2D eigenvalue weighted by atomic mass is 9.97. The number of rotatable bonds is 5. The van der Waals surface area contributed by atoms with E-state index < -0.39 is 5.41 Å². The van der Waals surface area contributed by atoms with Gasteiger partial charge in [-0.15, -0.1) is 0 Å². The Bertz CT molecular complexity index is 834. The molecule has 1 aliphatic rings. The van der Waals surface area contributed by atoms with Crippen molar-refractivity contribution >= 4 is 23.2 Å². The highest BCUT2D eigenvalue weighted by Crippen LogP contribution is 2.48. The molecule has 1 aliphatic carbocycles. The third kappa shape index (κ3) is 3.50. The molecule has 0 aliphatic heterocycles. The maximum Gasteiger partial charge on any atom is 0.240 e. The van der Waals surface area contributed by atoms with Gasteiger partial charge in [-0.3, -0.25) is 9.59 Å². The summed E-state index contributed by atoms with van der Waals surface area (Å²) in [6, 6.07) is 13.6. The van der Waals surface area contributed by atoms with Crippen LogP contribution in [0.5, 0.6) is 0 Å². The topological polar surface area (TPSA) is 58.2 Å². The van der Waals surface area contributed by atoms with E-state index in [4.69, 9.17) is 0 Å². The normalized spacial score (nSPS) is 14.8. The Morgan fingerprint density at radius 1 is 0.923 bits per heavy atom. The van der Waals surface area contributed by atoms with E-state index in [9.17, 15) is 9.59 Å². The van der Waals surface area contributed by atoms with E-state index in [1.54, 1.807) is 0 Å². The van der Waals surface area contributed by atoms with E-state index in [1.165, 1.54) is 0 Å². The fraction of sp³-hybridized carbons (Fsp3) is 0.364. The van der Waals surface area contributed by atoms with Crippen molar-refractivity contribution < 1.29 is 9.59 Å². The van der Waals surface area contributed by atoms with Crippen LogP contribution >= 0.6 is 0 Å². The summed E-state index contributed by atoms with van der Waals surface area (Å²) >= 11 is 0. The Balaban J connectivity index is 1.77. The van der Waals surface area contributed by atoms with Crippen LogP contribution < -0.4 is 10.6 Å². The second-order valence-electron chi connectivity index (χ2n) is 7.55. The van der Waals surface area contributed by atoms with Gasteiger partial charge in [0, 0.05) is 11.4 Å². The van der Waals surface area contributed by atoms with Gasteiger partial charge in [-0.1, -0.05) is 49.7 Å². The molecule has 26 heavy (non-hydrogen) atoms. The molecule has 2 aromatic carbocycles. The zero-order valence-electron chi connectivity index (χ0n) is 15.8. The Morgan fingerprint density at radius 2 is 1.54 bits per heavy atom. The molecule has 0 spiro atoms. The van der Waals surface area contributed by atoms with Crippen molar-refractivity contribution in [3.63, 3.8) is 0 Å². The molecule has 2 aromatic rings. The first-order valence-corrected chi connectivity index (χ1v) is 9.12. The van der Waals surface area contributed by atoms with Crippen molar-refractivity contribution in [1.29, 1.82) is 0 Å². The van der Waals surface area contributed by atoms with E-state index >= 15 is 0 Å². The highest BCUT2D eigenvalue weighted by Gasteiger charge is 2.56. The van der Waals surface area contributed by atoms with Gasteiger partial charge in [-0.25, -0.2) is 0 Å². The Hall–Kier alpha value is -2.62. The highest BCUT2D eigenvalue weighted by molar-refractivity contribution is 6.17. The van der Waals surface area contributed by atoms with E-state index in [2.05, 4.69) is 24.5 Å². The average molecular weight is 350 g/mol. The summed E-state index contributed by atoms with van der Waals surface area (Å²) in [5, 5.41) is 5.93. The molecule has 0 unspecified atom stereocenters. The summed E-state index contributed by atoms with van der Waals surface area (Å²) in [5.41, 5.74) is 3.83. The molecule has 2 amide bonds. The van der Waals surface area contributed by atoms with Crippen LogP contribution in [0.3, 0.4) is 0 Å². The average Bonchev–Trinajstić information content (AvgIpc) is 3.40. The molecular formula is C22H26N2O2. The van der Waals surface area contributed by atoms with Gasteiger partial charge in [-0.05, 0) is 55.9 Å². The maximum atomic E-state index is 12.9. The largest absolute Gasteiger partial charge is 0.325 e. The van der Waals surface area contributed by atoms with Gasteiger partial charge in [0.05, 0.1) is 0 Å². The number of para-hydroxylation sites is 1. The molecular weight excluding hydrogens is 324 g/mol. The van der Waals surface area contributed by atoms with E-state index in [0.717, 1.165) is 28.1 Å². The summed E-state index contributed by atoms with van der Waals surface area (Å²) < 4.78 is 0. The fourth-order valence-electron chi connectivity index (χ4n) is 3.15. The molecule has 4 heteroatoms. The second kappa shape index (κ2) is 6.94. The number of aryl methyl sites for hydroxylation is 2. The van der Waals surface area contributed by atoms with Gasteiger partial charge < -0.3 is 10.6 Å². The van der Waals surface area contributed by atoms with Crippen LogP contribution in [0.15, 0.2) is 42.5 Å². The molecule has 0 radical (unpaired) electrons. The standard InChI is InChI=1S/C22H26N2O2/c1-14(2)18-7-5-6-16(4)19(18)24-21(26)22(12-13-22)20(25)23-17-10-8-15(3)9-11-17/h5-11,14H,12-13H2,1-4H3,(H,23,25)(H,24,26). The van der Waals surface area contributed by atoms with Crippen LogP contribution in [0.25, 0.3) is 0 Å². The first kappa shape index (κ1) is 18.2. The van der Waals surface area contributed by atoms with Crippen LogP contribution in [0.2, 0.25) is 0 Å². The minimum Gasteiger partial charge on any atom is -0.325 e. The molecule has 4 nitrogen and oxygen atoms in total. The number of anilines is 2. The van der Waals surface area contributed by atoms with Gasteiger partial charge in [0.2, 0.25) is 11.8 Å². The number of benzene rings is 2. The summed E-state index contributed by atoms with van der Waals surface area (Å²) in [4.78, 5) is 25.7. The zero-order chi connectivity index (χ0) is 18.9. The van der Waals surface area contributed by atoms with Crippen LogP contribution in [-0.2, 0) is 9.59 Å². The Kier molecular flexibility index (Phi) is 4.86. The predicted octanol–water partition coefficient (Wildman–Crippen LogP) is 4.78. The van der Waals surface area contributed by atoms with E-state index in [1.807, 2.05) is 56.3 Å². The summed E-state index contributed by atoms with van der Waals surface area (Å²) in [5.74, 6) is -0.140. The summed E-state index contributed by atoms with van der Waals surface area (Å²) in [6.07, 6.45) is 1.17. The molecule has 1 saturated carbocycles. The molecule has 136 valence electrons. The van der Waals surface area contributed by atoms with Gasteiger partial charge in [0.15, 0.2) is 0 Å². The lowest BCUT2D eigenvalue weighted by Gasteiger charge is -2.20. The van der Waals surface area contributed by atoms with Crippen molar-refractivity contribution in [3.05, 3.63) is 59.2 Å². The van der Waals surface area contributed by atoms with Crippen LogP contribution in [0.4, 0.5) is 11.4 Å². The smallest absolute Gasteiger partial charge is 0.240 e. The third-order valence-electron chi connectivity index (χ3n) is 5.09. The Labute approximate surface area is 155 Å². The minimum absolute atomic E-state index is 0.210. The maximum absolute atomic E-state index is 12.9. The number of hydrogen-bond acceptors (Lipinski definition) is 2. The van der Waals surface area contributed by atoms with E-state index in [0.29, 0.717) is 18.8 Å². The van der Waals surface area contributed by atoms with Crippen LogP contribution in [-0.4, -0.2) is 11.8 Å². The van der Waals surface area contributed by atoms with Crippen molar-refractivity contribution in [2.24, 2.45) is 5.41 Å². The number of carbonyl (C=O) groups excluding carboxylic acids is 2. The summed E-state index contributed by atoms with van der Waals surface area (Å²) in [6.45, 7) is 8.17. The lowest BCUT2D eigenvalue weighted by molar-refractivity contribution is -0.131. The number of nitrogens with one attached hydrogen (secondary N) is 2. The molecule has 0 bridgehead atoms. The third-order valence-corrected chi connectivity index (χ3v) is 5.09. The van der Waals surface area contributed by atoms with Crippen LogP contribution in [0.1, 0.15) is 49.3 Å². The van der Waals surface area contributed by atoms with Gasteiger partial charge in [-0.2, -0.15) is 0 Å². The first-order chi connectivity index (χ1) is 12.3. The van der Waals surface area contributed by atoms with Crippen molar-refractivity contribution in [2.45, 2.75) is 46.5 Å². The number of hydrogen-bond donors (Lipinski definition) is 2. The molecule has 0 saturated heterocycles.